The van der Waals surface area contributed by atoms with Crippen LogP contribution < -0.4 is 5.32 Å². The molecule has 3 heterocycles. The summed E-state index contributed by atoms with van der Waals surface area (Å²) in [4.78, 5) is 17.3. The predicted octanol–water partition coefficient (Wildman–Crippen LogP) is 2.84. The highest BCUT2D eigenvalue weighted by atomic mass is 32.1. The largest absolute Gasteiger partial charge is 0.408 e. The molecule has 1 atom stereocenters. The average molecular weight is 355 g/mol. The summed E-state index contributed by atoms with van der Waals surface area (Å²) in [6, 6.07) is 1.57. The summed E-state index contributed by atoms with van der Waals surface area (Å²) in [7, 11) is 0. The Hall–Kier alpha value is -2.49. The van der Waals surface area contributed by atoms with E-state index in [9.17, 15) is 18.0 Å². The normalized spacial score (nSPS) is 13.2. The first-order valence-corrected chi connectivity index (χ1v) is 7.68. The van der Waals surface area contributed by atoms with Crippen LogP contribution >= 0.6 is 11.5 Å². The number of alkyl halides is 3. The second-order valence-corrected chi connectivity index (χ2v) is 6.02. The van der Waals surface area contributed by atoms with E-state index in [-0.39, 0.29) is 11.2 Å². The third-order valence-electron chi connectivity index (χ3n) is 3.42. The summed E-state index contributed by atoms with van der Waals surface area (Å²) >= 11 is 1.23. The van der Waals surface area contributed by atoms with Crippen LogP contribution in [0.4, 0.5) is 13.2 Å². The van der Waals surface area contributed by atoms with Crippen LogP contribution in [0.2, 0.25) is 0 Å². The van der Waals surface area contributed by atoms with Crippen molar-refractivity contribution in [2.45, 2.75) is 26.1 Å². The zero-order valence-corrected chi connectivity index (χ0v) is 13.4. The molecular formula is C14H12F3N5OS. The fraction of sp³-hybridized carbons (Fsp3) is 0.286. The van der Waals surface area contributed by atoms with Gasteiger partial charge in [0.15, 0.2) is 5.65 Å². The second-order valence-electron chi connectivity index (χ2n) is 5.19. The molecule has 126 valence electrons. The van der Waals surface area contributed by atoms with Gasteiger partial charge in [0.2, 0.25) is 0 Å². The van der Waals surface area contributed by atoms with Crippen molar-refractivity contribution in [3.05, 3.63) is 35.8 Å². The van der Waals surface area contributed by atoms with Crippen molar-refractivity contribution in [3.63, 3.8) is 0 Å². The van der Waals surface area contributed by atoms with Gasteiger partial charge in [-0.2, -0.15) is 18.3 Å². The molecule has 3 aromatic heterocycles. The third kappa shape index (κ3) is 2.96. The van der Waals surface area contributed by atoms with E-state index in [1.165, 1.54) is 22.2 Å². The Balaban J connectivity index is 2.01. The molecule has 0 saturated heterocycles. The fourth-order valence-corrected chi connectivity index (χ4v) is 2.66. The first-order valence-electron chi connectivity index (χ1n) is 6.91. The number of aryl methyl sites for hydroxylation is 1. The number of nitrogens with one attached hydrogen (secondary N) is 1. The van der Waals surface area contributed by atoms with Crippen molar-refractivity contribution in [2.75, 3.05) is 0 Å². The van der Waals surface area contributed by atoms with Gasteiger partial charge in [0.05, 0.1) is 16.8 Å². The van der Waals surface area contributed by atoms with Crippen LogP contribution in [0, 0.1) is 6.92 Å². The molecule has 1 amide bonds. The highest BCUT2D eigenvalue weighted by molar-refractivity contribution is 7.09. The van der Waals surface area contributed by atoms with E-state index in [1.54, 1.807) is 25.3 Å². The van der Waals surface area contributed by atoms with Crippen LogP contribution in [-0.2, 0) is 0 Å². The maximum atomic E-state index is 12.6. The minimum absolute atomic E-state index is 0.0134. The topological polar surface area (TPSA) is 72.2 Å². The van der Waals surface area contributed by atoms with Crippen LogP contribution in [0.25, 0.3) is 16.2 Å². The van der Waals surface area contributed by atoms with Crippen LogP contribution in [-0.4, -0.2) is 37.1 Å². The lowest BCUT2D eigenvalue weighted by atomic mass is 10.2. The van der Waals surface area contributed by atoms with E-state index in [0.717, 1.165) is 11.8 Å². The maximum absolute atomic E-state index is 12.6. The molecule has 0 spiro atoms. The van der Waals surface area contributed by atoms with E-state index >= 15 is 0 Å². The van der Waals surface area contributed by atoms with Gasteiger partial charge in [-0.3, -0.25) is 4.79 Å². The summed E-state index contributed by atoms with van der Waals surface area (Å²) in [6.07, 6.45) is -1.68. The lowest BCUT2D eigenvalue weighted by Gasteiger charge is -2.16. The van der Waals surface area contributed by atoms with E-state index in [1.807, 2.05) is 5.32 Å². The molecule has 0 fully saturated rings. The molecular weight excluding hydrogens is 343 g/mol. The van der Waals surface area contributed by atoms with Gasteiger partial charge in [-0.15, -0.1) is 0 Å². The van der Waals surface area contributed by atoms with Crippen LogP contribution in [0.5, 0.6) is 0 Å². The summed E-state index contributed by atoms with van der Waals surface area (Å²) < 4.78 is 43.3. The number of halogens is 3. The van der Waals surface area contributed by atoms with E-state index < -0.39 is 18.1 Å². The highest BCUT2D eigenvalue weighted by Crippen LogP contribution is 2.24. The summed E-state index contributed by atoms with van der Waals surface area (Å²) in [6.45, 7) is 2.65. The van der Waals surface area contributed by atoms with Crippen molar-refractivity contribution in [1.29, 1.82) is 0 Å². The molecule has 0 aliphatic carbocycles. The molecule has 0 aromatic carbocycles. The number of amides is 1. The molecule has 1 unspecified atom stereocenters. The number of carbonyl (C=O) groups excluding carboxylic acids is 1. The molecule has 3 aromatic rings. The van der Waals surface area contributed by atoms with E-state index in [2.05, 4.69) is 14.5 Å². The quantitative estimate of drug-likeness (QED) is 0.784. The summed E-state index contributed by atoms with van der Waals surface area (Å²) in [5.74, 6) is -0.872. The number of aromatic nitrogens is 4. The van der Waals surface area contributed by atoms with Crippen LogP contribution in [0.3, 0.4) is 0 Å². The zero-order chi connectivity index (χ0) is 17.5. The predicted molar refractivity (Wildman–Crippen MR) is 81.8 cm³/mol. The van der Waals surface area contributed by atoms with Crippen molar-refractivity contribution in [3.8, 4) is 10.6 Å². The highest BCUT2D eigenvalue weighted by Gasteiger charge is 2.37. The van der Waals surface area contributed by atoms with Crippen LogP contribution in [0.15, 0.2) is 24.5 Å². The number of fused-ring (bicyclic) bond motifs is 1. The lowest BCUT2D eigenvalue weighted by Crippen LogP contribution is -2.43. The van der Waals surface area contributed by atoms with Gasteiger partial charge >= 0.3 is 6.18 Å². The van der Waals surface area contributed by atoms with Gasteiger partial charge in [-0.1, -0.05) is 0 Å². The minimum Gasteiger partial charge on any atom is -0.340 e. The monoisotopic (exact) mass is 355 g/mol. The molecule has 3 rings (SSSR count). The molecule has 0 bridgehead atoms. The van der Waals surface area contributed by atoms with E-state index in [4.69, 9.17) is 0 Å². The Labute approximate surface area is 138 Å². The molecule has 0 saturated carbocycles. The second kappa shape index (κ2) is 5.86. The Kier molecular flexibility index (Phi) is 3.99. The van der Waals surface area contributed by atoms with Crippen molar-refractivity contribution >= 4 is 23.1 Å². The average Bonchev–Trinajstić information content (AvgIpc) is 3.15. The van der Waals surface area contributed by atoms with Gasteiger partial charge in [0.1, 0.15) is 11.6 Å². The lowest BCUT2D eigenvalue weighted by molar-refractivity contribution is -0.149. The molecule has 0 aliphatic rings. The summed E-state index contributed by atoms with van der Waals surface area (Å²) in [5.41, 5.74) is 1.47. The molecule has 10 heteroatoms. The first kappa shape index (κ1) is 16.4. The fourth-order valence-electron chi connectivity index (χ4n) is 2.10. The van der Waals surface area contributed by atoms with Crippen molar-refractivity contribution < 1.29 is 18.0 Å². The van der Waals surface area contributed by atoms with E-state index in [0.29, 0.717) is 11.4 Å². The van der Waals surface area contributed by atoms with Gasteiger partial charge in [0, 0.05) is 11.9 Å². The minimum atomic E-state index is -4.52. The number of rotatable bonds is 3. The molecule has 0 radical (unpaired) electrons. The van der Waals surface area contributed by atoms with Crippen LogP contribution in [0.1, 0.15) is 23.0 Å². The number of carbonyl (C=O) groups is 1. The smallest absolute Gasteiger partial charge is 0.340 e. The SMILES string of the molecule is Cc1cc(-c2ccns2)nc2c(C(=O)NC(C)C(F)(F)F)cnn12. The number of hydrogen-bond donors (Lipinski definition) is 1. The number of hydrogen-bond acceptors (Lipinski definition) is 5. The van der Waals surface area contributed by atoms with Gasteiger partial charge < -0.3 is 5.32 Å². The van der Waals surface area contributed by atoms with Crippen molar-refractivity contribution in [2.24, 2.45) is 0 Å². The van der Waals surface area contributed by atoms with Crippen molar-refractivity contribution in [1.82, 2.24) is 24.3 Å². The molecule has 1 N–H and O–H groups in total. The Morgan fingerprint density at radius 1 is 1.42 bits per heavy atom. The Morgan fingerprint density at radius 2 is 2.17 bits per heavy atom. The molecule has 6 nitrogen and oxygen atoms in total. The van der Waals surface area contributed by atoms with Gasteiger partial charge in [-0.05, 0) is 37.5 Å². The molecule has 24 heavy (non-hydrogen) atoms. The Bertz CT molecular complexity index is 888. The first-order chi connectivity index (χ1) is 11.3. The molecule has 0 aliphatic heterocycles. The number of nitrogens with zero attached hydrogens (tertiary/aromatic N) is 4. The van der Waals surface area contributed by atoms with Gasteiger partial charge in [0.25, 0.3) is 5.91 Å². The van der Waals surface area contributed by atoms with Gasteiger partial charge in [-0.25, -0.2) is 13.9 Å². The third-order valence-corrected chi connectivity index (χ3v) is 4.19. The Morgan fingerprint density at radius 3 is 2.79 bits per heavy atom. The zero-order valence-electron chi connectivity index (χ0n) is 12.6. The standard InChI is InChI=1S/C14H12F3N5OS/c1-7-5-10(11-3-4-19-24-11)21-12-9(6-18-22(7)12)13(23)20-8(2)14(15,16)17/h3-6,8H,1-2H3,(H,20,23). The summed E-state index contributed by atoms with van der Waals surface area (Å²) in [5, 5.41) is 5.95. The maximum Gasteiger partial charge on any atom is 0.408 e.